The highest BCUT2D eigenvalue weighted by Crippen LogP contribution is 2.39. The van der Waals surface area contributed by atoms with Gasteiger partial charge in [-0.3, -0.25) is 4.79 Å². The lowest BCUT2D eigenvalue weighted by Gasteiger charge is -2.54. The summed E-state index contributed by atoms with van der Waals surface area (Å²) in [5.41, 5.74) is 5.15. The number of aryl methyl sites for hydroxylation is 1. The summed E-state index contributed by atoms with van der Waals surface area (Å²) in [6, 6.07) is 21.0. The number of rotatable bonds is 6. The van der Waals surface area contributed by atoms with Crippen molar-refractivity contribution < 1.29 is 22.3 Å². The molecule has 0 radical (unpaired) electrons. The monoisotopic (exact) mass is 665 g/mol. The van der Waals surface area contributed by atoms with E-state index in [0.717, 1.165) is 37.3 Å². The Morgan fingerprint density at radius 1 is 0.875 bits per heavy atom. The van der Waals surface area contributed by atoms with Gasteiger partial charge in [-0.25, -0.2) is 21.8 Å². The number of nitrogens with zero attached hydrogens (tertiary/aromatic N) is 5. The van der Waals surface area contributed by atoms with Gasteiger partial charge in [-0.15, -0.1) is 0 Å². The SMILES string of the molecule is Cc1ccc(S(=O)(=O)n2cc(-c3ccc(C(=O)N4CC5(COC5)C4)cc3)c3cc(-c4ccc(N5CCN(C)CC5)c(F)c4)cnc32)cc1. The number of halogens is 1. The average Bonchev–Trinajstić information content (AvgIpc) is 3.44. The van der Waals surface area contributed by atoms with E-state index in [2.05, 4.69) is 21.8 Å². The molecule has 3 saturated heterocycles. The predicted molar refractivity (Wildman–Crippen MR) is 183 cm³/mol. The third-order valence-electron chi connectivity index (χ3n) is 9.91. The zero-order valence-electron chi connectivity index (χ0n) is 26.9. The minimum Gasteiger partial charge on any atom is -0.380 e. The molecule has 5 heterocycles. The molecule has 3 aliphatic rings. The average molecular weight is 666 g/mol. The van der Waals surface area contributed by atoms with Crippen molar-refractivity contribution in [1.82, 2.24) is 18.8 Å². The van der Waals surface area contributed by atoms with Crippen molar-refractivity contribution in [1.29, 1.82) is 0 Å². The first-order valence-electron chi connectivity index (χ1n) is 16.1. The topological polar surface area (TPSA) is 88.0 Å². The Kier molecular flexibility index (Phi) is 7.39. The number of hydrogen-bond donors (Lipinski definition) is 0. The molecule has 0 N–H and O–H groups in total. The number of hydrogen-bond acceptors (Lipinski definition) is 7. The van der Waals surface area contributed by atoms with E-state index in [1.54, 1.807) is 48.8 Å². The molecule has 8 rings (SSSR count). The lowest BCUT2D eigenvalue weighted by molar-refractivity contribution is -0.176. The van der Waals surface area contributed by atoms with Crippen molar-refractivity contribution in [2.45, 2.75) is 11.8 Å². The van der Waals surface area contributed by atoms with Gasteiger partial charge in [0.05, 0.1) is 29.2 Å². The highest BCUT2D eigenvalue weighted by Gasteiger charge is 2.50. The van der Waals surface area contributed by atoms with Crippen LogP contribution in [0.4, 0.5) is 10.1 Å². The summed E-state index contributed by atoms with van der Waals surface area (Å²) in [6.45, 7) is 7.96. The van der Waals surface area contributed by atoms with Crippen molar-refractivity contribution in [2.24, 2.45) is 5.41 Å². The number of aromatic nitrogens is 2. The number of fused-ring (bicyclic) bond motifs is 1. The molecule has 9 nitrogen and oxygen atoms in total. The largest absolute Gasteiger partial charge is 0.380 e. The van der Waals surface area contributed by atoms with Crippen LogP contribution in [0.5, 0.6) is 0 Å². The zero-order chi connectivity index (χ0) is 33.2. The molecule has 3 fully saturated rings. The Morgan fingerprint density at radius 2 is 1.56 bits per heavy atom. The van der Waals surface area contributed by atoms with Gasteiger partial charge >= 0.3 is 0 Å². The van der Waals surface area contributed by atoms with Gasteiger partial charge in [0.2, 0.25) is 0 Å². The van der Waals surface area contributed by atoms with E-state index in [0.29, 0.717) is 59.6 Å². The van der Waals surface area contributed by atoms with Crippen LogP contribution in [0.3, 0.4) is 0 Å². The molecule has 11 heteroatoms. The molecule has 0 bridgehead atoms. The molecule has 3 aromatic carbocycles. The molecular weight excluding hydrogens is 630 g/mol. The summed E-state index contributed by atoms with van der Waals surface area (Å²) in [6.07, 6.45) is 3.17. The Morgan fingerprint density at radius 3 is 2.21 bits per heavy atom. The summed E-state index contributed by atoms with van der Waals surface area (Å²) in [5, 5.41) is 0.598. The van der Waals surface area contributed by atoms with Crippen molar-refractivity contribution in [2.75, 3.05) is 64.4 Å². The summed E-state index contributed by atoms with van der Waals surface area (Å²) in [5.74, 6) is -0.343. The molecule has 246 valence electrons. The molecule has 0 unspecified atom stereocenters. The number of likely N-dealkylation sites (N-methyl/N-ethyl adjacent to an activating group) is 1. The Bertz CT molecular complexity index is 2140. The van der Waals surface area contributed by atoms with Gasteiger partial charge in [0.1, 0.15) is 5.82 Å². The summed E-state index contributed by atoms with van der Waals surface area (Å²) in [4.78, 5) is 24.1. The molecule has 0 aliphatic carbocycles. The van der Waals surface area contributed by atoms with E-state index in [-0.39, 0.29) is 27.7 Å². The molecular formula is C37H36FN5O4S. The fraction of sp³-hybridized carbons (Fsp3) is 0.297. The zero-order valence-corrected chi connectivity index (χ0v) is 27.7. The Hall–Kier alpha value is -4.58. The number of benzene rings is 3. The van der Waals surface area contributed by atoms with Gasteiger partial charge in [0, 0.05) is 73.7 Å². The van der Waals surface area contributed by atoms with E-state index < -0.39 is 10.0 Å². The third-order valence-corrected chi connectivity index (χ3v) is 11.6. The fourth-order valence-corrected chi connectivity index (χ4v) is 8.24. The number of amides is 1. The van der Waals surface area contributed by atoms with Crippen LogP contribution in [0.1, 0.15) is 15.9 Å². The smallest absolute Gasteiger partial charge is 0.269 e. The van der Waals surface area contributed by atoms with Crippen LogP contribution < -0.4 is 4.90 Å². The minimum atomic E-state index is -4.00. The number of likely N-dealkylation sites (tertiary alicyclic amines) is 1. The Labute approximate surface area is 279 Å². The van der Waals surface area contributed by atoms with Gasteiger partial charge in [0.25, 0.3) is 15.9 Å². The molecule has 3 aliphatic heterocycles. The van der Waals surface area contributed by atoms with Crippen LogP contribution in [0, 0.1) is 18.2 Å². The number of pyridine rings is 1. The van der Waals surface area contributed by atoms with Crippen molar-refractivity contribution in [3.05, 3.63) is 102 Å². The second-order valence-corrected chi connectivity index (χ2v) is 15.3. The van der Waals surface area contributed by atoms with Gasteiger partial charge in [-0.05, 0) is 67.6 Å². The molecule has 2 aromatic heterocycles. The quantitative estimate of drug-likeness (QED) is 0.244. The molecule has 0 saturated carbocycles. The van der Waals surface area contributed by atoms with Crippen LogP contribution in [0.15, 0.2) is 90.1 Å². The van der Waals surface area contributed by atoms with Crippen LogP contribution in [-0.4, -0.2) is 92.6 Å². The van der Waals surface area contributed by atoms with Gasteiger partial charge in [-0.1, -0.05) is 35.9 Å². The number of piperazine rings is 1. The first kappa shape index (κ1) is 30.7. The normalized spacial score (nSPS) is 17.8. The number of carbonyl (C=O) groups is 1. The fourth-order valence-electron chi connectivity index (χ4n) is 6.92. The Balaban J connectivity index is 1.17. The van der Waals surface area contributed by atoms with Crippen LogP contribution in [0.25, 0.3) is 33.3 Å². The maximum atomic E-state index is 15.5. The van der Waals surface area contributed by atoms with E-state index in [1.165, 1.54) is 10.0 Å². The van der Waals surface area contributed by atoms with Gasteiger partial charge < -0.3 is 19.4 Å². The highest BCUT2D eigenvalue weighted by molar-refractivity contribution is 7.90. The van der Waals surface area contributed by atoms with E-state index in [4.69, 9.17) is 4.74 Å². The maximum Gasteiger partial charge on any atom is 0.269 e. The lowest BCUT2D eigenvalue weighted by atomic mass is 9.78. The van der Waals surface area contributed by atoms with Crippen LogP contribution >= 0.6 is 0 Å². The third kappa shape index (κ3) is 5.26. The van der Waals surface area contributed by atoms with Gasteiger partial charge in [0.15, 0.2) is 5.65 Å². The van der Waals surface area contributed by atoms with Crippen molar-refractivity contribution >= 4 is 32.7 Å². The summed E-state index contributed by atoms with van der Waals surface area (Å²) in [7, 11) is -1.93. The molecule has 0 atom stereocenters. The number of carbonyl (C=O) groups excluding carboxylic acids is 1. The standard InChI is InChI=1S/C37H36FN5O4S/c1-25-3-10-30(11-4-25)48(45,46)43-20-32(26-5-7-27(8-6-26)36(44)42-21-37(22-42)23-47-24-37)31-17-29(19-39-35(31)43)28-9-12-34(33(38)18-28)41-15-13-40(2)14-16-41/h3-12,17-20H,13-16,21-24H2,1-2H3. The second kappa shape index (κ2) is 11.5. The number of ether oxygens (including phenoxy) is 1. The summed E-state index contributed by atoms with van der Waals surface area (Å²) < 4.78 is 50.0. The van der Waals surface area contributed by atoms with E-state index in [9.17, 15) is 13.2 Å². The van der Waals surface area contributed by atoms with E-state index >= 15 is 4.39 Å². The van der Waals surface area contributed by atoms with Crippen LogP contribution in [0.2, 0.25) is 0 Å². The second-order valence-electron chi connectivity index (χ2n) is 13.4. The van der Waals surface area contributed by atoms with Crippen molar-refractivity contribution in [3.63, 3.8) is 0 Å². The summed E-state index contributed by atoms with van der Waals surface area (Å²) >= 11 is 0. The molecule has 48 heavy (non-hydrogen) atoms. The first-order valence-corrected chi connectivity index (χ1v) is 17.6. The van der Waals surface area contributed by atoms with Gasteiger partial charge in [-0.2, -0.15) is 0 Å². The molecule has 1 amide bonds. The molecule has 1 spiro atoms. The van der Waals surface area contributed by atoms with Crippen molar-refractivity contribution in [3.8, 4) is 22.3 Å². The van der Waals surface area contributed by atoms with Crippen LogP contribution in [-0.2, 0) is 14.8 Å². The molecule has 5 aromatic rings. The maximum absolute atomic E-state index is 15.5. The predicted octanol–water partition coefficient (Wildman–Crippen LogP) is 5.28. The minimum absolute atomic E-state index is 0.0329. The highest BCUT2D eigenvalue weighted by atomic mass is 32.2. The lowest BCUT2D eigenvalue weighted by Crippen LogP contribution is -2.67. The number of anilines is 1. The van der Waals surface area contributed by atoms with E-state index in [1.807, 2.05) is 42.2 Å². The first-order chi connectivity index (χ1) is 23.1.